The first-order valence-corrected chi connectivity index (χ1v) is 9.75. The van der Waals surface area contributed by atoms with Crippen molar-refractivity contribution < 1.29 is 0 Å². The summed E-state index contributed by atoms with van der Waals surface area (Å²) in [4.78, 5) is 4.76. The lowest BCUT2D eigenvalue weighted by Gasteiger charge is -2.06. The topological polar surface area (TPSA) is 54.5 Å². The molecule has 0 amide bonds. The lowest BCUT2D eigenvalue weighted by atomic mass is 10.1. The van der Waals surface area contributed by atoms with E-state index in [1.54, 1.807) is 0 Å². The van der Waals surface area contributed by atoms with Crippen LogP contribution in [0.5, 0.6) is 0 Å². The van der Waals surface area contributed by atoms with Gasteiger partial charge in [-0.15, -0.1) is 5.10 Å². The van der Waals surface area contributed by atoms with E-state index in [2.05, 4.69) is 37.3 Å². The molecule has 0 aliphatic heterocycles. The molecule has 5 heteroatoms. The molecule has 1 aromatic heterocycles. The Bertz CT molecular complexity index is 921. The third kappa shape index (κ3) is 3.81. The Hall–Kier alpha value is -2.58. The van der Waals surface area contributed by atoms with Crippen molar-refractivity contribution in [3.8, 4) is 11.8 Å². The van der Waals surface area contributed by atoms with Crippen LogP contribution in [0.1, 0.15) is 35.7 Å². The highest BCUT2D eigenvalue weighted by atomic mass is 32.2. The number of para-hydroxylation sites is 1. The van der Waals surface area contributed by atoms with Gasteiger partial charge in [0.1, 0.15) is 11.1 Å². The summed E-state index contributed by atoms with van der Waals surface area (Å²) >= 11 is 1.46. The van der Waals surface area contributed by atoms with E-state index in [4.69, 9.17) is 10.1 Å². The van der Waals surface area contributed by atoms with E-state index in [9.17, 15) is 5.26 Å². The van der Waals surface area contributed by atoms with E-state index in [1.807, 2.05) is 35.0 Å². The summed E-state index contributed by atoms with van der Waals surface area (Å²) in [6.07, 6.45) is 3.03. The van der Waals surface area contributed by atoms with Crippen molar-refractivity contribution in [1.82, 2.24) is 14.8 Å². The first-order valence-electron chi connectivity index (χ1n) is 8.87. The predicted octanol–water partition coefficient (Wildman–Crippen LogP) is 4.68. The highest BCUT2D eigenvalue weighted by Gasteiger charge is 2.31. The van der Waals surface area contributed by atoms with Crippen LogP contribution >= 0.6 is 11.8 Å². The maximum atomic E-state index is 9.58. The highest BCUT2D eigenvalue weighted by molar-refractivity contribution is 8.00. The molecule has 130 valence electrons. The number of benzene rings is 2. The maximum absolute atomic E-state index is 9.58. The van der Waals surface area contributed by atoms with Crippen molar-refractivity contribution in [2.45, 2.75) is 42.5 Å². The Morgan fingerprint density at radius 3 is 2.54 bits per heavy atom. The van der Waals surface area contributed by atoms with Crippen LogP contribution in [-0.2, 0) is 6.42 Å². The van der Waals surface area contributed by atoms with Gasteiger partial charge in [0.2, 0.25) is 5.16 Å². The van der Waals surface area contributed by atoms with Crippen LogP contribution in [0, 0.1) is 18.3 Å². The molecule has 0 saturated heterocycles. The van der Waals surface area contributed by atoms with Crippen LogP contribution in [0.2, 0.25) is 0 Å². The predicted molar refractivity (Wildman–Crippen MR) is 103 cm³/mol. The zero-order chi connectivity index (χ0) is 17.9. The average Bonchev–Trinajstić information content (AvgIpc) is 3.44. The summed E-state index contributed by atoms with van der Waals surface area (Å²) in [5.74, 6) is 1.51. The van der Waals surface area contributed by atoms with Crippen molar-refractivity contribution in [2.75, 3.05) is 0 Å². The lowest BCUT2D eigenvalue weighted by Crippen LogP contribution is -2.04. The molecule has 2 aromatic carbocycles. The molecule has 0 N–H and O–H groups in total. The number of hydrogen-bond donors (Lipinski definition) is 0. The molecule has 4 nitrogen and oxygen atoms in total. The Morgan fingerprint density at radius 1 is 1.15 bits per heavy atom. The zero-order valence-electron chi connectivity index (χ0n) is 14.7. The third-order valence-corrected chi connectivity index (χ3v) is 5.43. The molecule has 0 radical (unpaired) electrons. The largest absolute Gasteiger partial charge is 0.216 e. The first-order chi connectivity index (χ1) is 12.7. The molecule has 0 spiro atoms. The first kappa shape index (κ1) is 16.9. The second-order valence-corrected chi connectivity index (χ2v) is 7.87. The standard InChI is InChI=1S/C21H20N4S/c1-15-7-9-16(10-8-15)13-19(14-22)26-21-23-20(17-11-12-17)25(24-21)18-5-3-2-4-6-18/h2-10,17,19H,11-13H2,1H3/t19-/m1/s1. The Kier molecular flexibility index (Phi) is 4.77. The van der Waals surface area contributed by atoms with E-state index in [1.165, 1.54) is 35.7 Å². The Labute approximate surface area is 157 Å². The molecule has 1 atom stereocenters. The van der Waals surface area contributed by atoms with Crippen LogP contribution in [0.4, 0.5) is 0 Å². The molecule has 4 rings (SSSR count). The van der Waals surface area contributed by atoms with Crippen LogP contribution < -0.4 is 0 Å². The van der Waals surface area contributed by atoms with Crippen LogP contribution in [0.25, 0.3) is 5.69 Å². The van der Waals surface area contributed by atoms with Crippen molar-refractivity contribution in [3.63, 3.8) is 0 Å². The minimum absolute atomic E-state index is 0.198. The number of aromatic nitrogens is 3. The van der Waals surface area contributed by atoms with Gasteiger partial charge in [-0.25, -0.2) is 9.67 Å². The zero-order valence-corrected chi connectivity index (χ0v) is 15.5. The van der Waals surface area contributed by atoms with E-state index < -0.39 is 0 Å². The fourth-order valence-electron chi connectivity index (χ4n) is 2.90. The van der Waals surface area contributed by atoms with Gasteiger partial charge >= 0.3 is 0 Å². The molecule has 1 aliphatic rings. The second-order valence-electron chi connectivity index (χ2n) is 6.70. The smallest absolute Gasteiger partial charge is 0.210 e. The number of nitriles is 1. The quantitative estimate of drug-likeness (QED) is 0.599. The molecule has 1 heterocycles. The monoisotopic (exact) mass is 360 g/mol. The fraction of sp³-hybridized carbons (Fsp3) is 0.286. The van der Waals surface area contributed by atoms with Crippen molar-refractivity contribution in [1.29, 1.82) is 5.26 Å². The highest BCUT2D eigenvalue weighted by Crippen LogP contribution is 2.40. The van der Waals surface area contributed by atoms with Gasteiger partial charge in [-0.3, -0.25) is 0 Å². The van der Waals surface area contributed by atoms with Gasteiger partial charge in [0.15, 0.2) is 0 Å². The van der Waals surface area contributed by atoms with Gasteiger partial charge in [0.05, 0.1) is 11.8 Å². The van der Waals surface area contributed by atoms with E-state index in [0.29, 0.717) is 17.5 Å². The number of nitrogens with zero attached hydrogens (tertiary/aromatic N) is 4. The molecule has 1 fully saturated rings. The van der Waals surface area contributed by atoms with Crippen molar-refractivity contribution >= 4 is 11.8 Å². The van der Waals surface area contributed by atoms with Crippen LogP contribution in [0.3, 0.4) is 0 Å². The summed E-state index contributed by atoms with van der Waals surface area (Å²) < 4.78 is 1.94. The van der Waals surface area contributed by atoms with Gasteiger partial charge < -0.3 is 0 Å². The van der Waals surface area contributed by atoms with E-state index >= 15 is 0 Å². The lowest BCUT2D eigenvalue weighted by molar-refractivity contribution is 0.782. The fourth-order valence-corrected chi connectivity index (χ4v) is 3.76. The summed E-state index contributed by atoms with van der Waals surface area (Å²) in [7, 11) is 0. The van der Waals surface area contributed by atoms with Gasteiger partial charge in [0.25, 0.3) is 0 Å². The minimum atomic E-state index is -0.198. The molecule has 1 saturated carbocycles. The number of aryl methyl sites for hydroxylation is 1. The molecule has 0 bridgehead atoms. The second kappa shape index (κ2) is 7.35. The molecule has 0 unspecified atom stereocenters. The Morgan fingerprint density at radius 2 is 1.88 bits per heavy atom. The van der Waals surface area contributed by atoms with Crippen LogP contribution in [-0.4, -0.2) is 20.0 Å². The normalized spacial score (nSPS) is 14.8. The minimum Gasteiger partial charge on any atom is -0.216 e. The van der Waals surface area contributed by atoms with E-state index in [0.717, 1.165) is 11.5 Å². The van der Waals surface area contributed by atoms with Gasteiger partial charge in [-0.2, -0.15) is 5.26 Å². The number of hydrogen-bond acceptors (Lipinski definition) is 4. The number of thioether (sulfide) groups is 1. The molecule has 1 aliphatic carbocycles. The molecule has 3 aromatic rings. The number of rotatable bonds is 6. The summed E-state index contributed by atoms with van der Waals surface area (Å²) in [6, 6.07) is 20.9. The summed E-state index contributed by atoms with van der Waals surface area (Å²) in [6.45, 7) is 2.07. The average molecular weight is 360 g/mol. The summed E-state index contributed by atoms with van der Waals surface area (Å²) in [5, 5.41) is 14.8. The molecule has 26 heavy (non-hydrogen) atoms. The maximum Gasteiger partial charge on any atom is 0.210 e. The van der Waals surface area contributed by atoms with Crippen LogP contribution in [0.15, 0.2) is 59.8 Å². The van der Waals surface area contributed by atoms with Gasteiger partial charge in [-0.05, 0) is 43.9 Å². The van der Waals surface area contributed by atoms with Gasteiger partial charge in [-0.1, -0.05) is 59.8 Å². The van der Waals surface area contributed by atoms with Crippen molar-refractivity contribution in [2.24, 2.45) is 0 Å². The summed E-state index contributed by atoms with van der Waals surface area (Å²) in [5.41, 5.74) is 3.42. The SMILES string of the molecule is Cc1ccc(C[C@H](C#N)Sc2nc(C3CC3)n(-c3ccccc3)n2)cc1. The third-order valence-electron chi connectivity index (χ3n) is 4.49. The van der Waals surface area contributed by atoms with Gasteiger partial charge in [0, 0.05) is 5.92 Å². The van der Waals surface area contributed by atoms with E-state index in [-0.39, 0.29) is 5.25 Å². The molecular weight excluding hydrogens is 340 g/mol. The van der Waals surface area contributed by atoms with Crippen molar-refractivity contribution in [3.05, 3.63) is 71.5 Å². The molecular formula is C21H20N4S. The Balaban J connectivity index is 1.55.